The Hall–Kier alpha value is -3.14. The summed E-state index contributed by atoms with van der Waals surface area (Å²) in [5.74, 6) is 1.56. The van der Waals surface area contributed by atoms with Gasteiger partial charge in [0, 0.05) is 25.0 Å². The molecule has 2 aliphatic heterocycles. The maximum atomic E-state index is 13.1. The van der Waals surface area contributed by atoms with Crippen LogP contribution in [-0.4, -0.2) is 46.4 Å². The van der Waals surface area contributed by atoms with Crippen molar-refractivity contribution in [1.82, 2.24) is 19.9 Å². The van der Waals surface area contributed by atoms with E-state index in [1.807, 2.05) is 32.0 Å². The number of amides is 1. The minimum atomic E-state index is -0.109. The summed E-state index contributed by atoms with van der Waals surface area (Å²) in [5, 5.41) is 3.78. The molecular weight excluding hydrogens is 430 g/mol. The maximum Gasteiger partial charge on any atom is 0.273 e. The maximum absolute atomic E-state index is 13.1. The van der Waals surface area contributed by atoms with Gasteiger partial charge in [-0.15, -0.1) is 0 Å². The molecule has 5 rings (SSSR count). The second kappa shape index (κ2) is 8.42. The number of fused-ring (bicyclic) bond motifs is 2. The lowest BCUT2D eigenvalue weighted by Crippen LogP contribution is -2.42. The van der Waals surface area contributed by atoms with Crippen molar-refractivity contribution in [2.75, 3.05) is 24.8 Å². The zero-order valence-corrected chi connectivity index (χ0v) is 18.9. The Balaban J connectivity index is 1.31. The van der Waals surface area contributed by atoms with Crippen molar-refractivity contribution in [2.24, 2.45) is 5.92 Å². The molecule has 32 heavy (non-hydrogen) atoms. The van der Waals surface area contributed by atoms with Gasteiger partial charge in [-0.2, -0.15) is 4.98 Å². The second-order valence-corrected chi connectivity index (χ2v) is 9.42. The van der Waals surface area contributed by atoms with Crippen LogP contribution in [0, 0.1) is 5.92 Å². The van der Waals surface area contributed by atoms with E-state index in [9.17, 15) is 9.59 Å². The zero-order valence-electron chi connectivity index (χ0n) is 18.0. The minimum Gasteiger partial charge on any atom is -0.454 e. The third-order valence-electron chi connectivity index (χ3n) is 5.73. The Labute approximate surface area is 189 Å². The molecule has 0 aliphatic carbocycles. The number of thiazole rings is 1. The van der Waals surface area contributed by atoms with E-state index >= 15 is 0 Å². The van der Waals surface area contributed by atoms with Gasteiger partial charge in [0.1, 0.15) is 11.0 Å². The van der Waals surface area contributed by atoms with E-state index in [0.29, 0.717) is 28.4 Å². The van der Waals surface area contributed by atoms with Gasteiger partial charge in [0.25, 0.3) is 5.56 Å². The Morgan fingerprint density at radius 3 is 2.81 bits per heavy atom. The first-order valence-electron chi connectivity index (χ1n) is 10.8. The Morgan fingerprint density at radius 2 is 2.03 bits per heavy atom. The van der Waals surface area contributed by atoms with Crippen molar-refractivity contribution in [1.29, 1.82) is 0 Å². The van der Waals surface area contributed by atoms with Crippen molar-refractivity contribution < 1.29 is 14.3 Å². The van der Waals surface area contributed by atoms with Gasteiger partial charge in [-0.3, -0.25) is 14.2 Å². The number of aromatic nitrogens is 3. The summed E-state index contributed by atoms with van der Waals surface area (Å²) in [6.45, 7) is 6.03. The molecule has 0 atom stereocenters. The summed E-state index contributed by atoms with van der Waals surface area (Å²) in [7, 11) is 0. The van der Waals surface area contributed by atoms with E-state index in [-0.39, 0.29) is 30.2 Å². The molecule has 3 aromatic rings. The van der Waals surface area contributed by atoms with Gasteiger partial charge in [-0.25, -0.2) is 4.98 Å². The molecule has 0 spiro atoms. The molecule has 168 valence electrons. The highest BCUT2D eigenvalue weighted by Crippen LogP contribution is 2.33. The zero-order chi connectivity index (χ0) is 22.2. The standard InChI is InChI=1S/C22H25N5O4S/c1-13(2)24-20(28)15-5-7-26(8-6-15)22-25-19-18(32-22)21(29)27(11-23-19)10-14-3-4-16-17(9-14)31-12-30-16/h3-4,9,11,13,15H,5-8,10,12H2,1-2H3,(H,24,28). The lowest BCUT2D eigenvalue weighted by molar-refractivity contribution is -0.126. The van der Waals surface area contributed by atoms with Crippen LogP contribution in [0.15, 0.2) is 29.3 Å². The fraction of sp³-hybridized carbons (Fsp3) is 0.455. The molecule has 1 amide bonds. The minimum absolute atomic E-state index is 0.0279. The van der Waals surface area contributed by atoms with Gasteiger partial charge < -0.3 is 19.7 Å². The molecule has 9 nitrogen and oxygen atoms in total. The fourth-order valence-corrected chi connectivity index (χ4v) is 5.07. The Bertz CT molecular complexity index is 1210. The lowest BCUT2D eigenvalue weighted by atomic mass is 9.96. The van der Waals surface area contributed by atoms with Crippen LogP contribution in [0.25, 0.3) is 10.3 Å². The van der Waals surface area contributed by atoms with Gasteiger partial charge in [-0.1, -0.05) is 17.4 Å². The van der Waals surface area contributed by atoms with Crippen LogP contribution in [0.5, 0.6) is 11.5 Å². The van der Waals surface area contributed by atoms with Crippen molar-refractivity contribution in [3.63, 3.8) is 0 Å². The third kappa shape index (κ3) is 4.02. The molecule has 10 heteroatoms. The summed E-state index contributed by atoms with van der Waals surface area (Å²) in [4.78, 5) is 36.5. The first-order valence-corrected chi connectivity index (χ1v) is 11.6. The Morgan fingerprint density at radius 1 is 1.25 bits per heavy atom. The predicted octanol–water partition coefficient (Wildman–Crippen LogP) is 2.37. The third-order valence-corrected chi connectivity index (χ3v) is 6.82. The number of piperidine rings is 1. The number of benzene rings is 1. The molecule has 1 aromatic carbocycles. The van der Waals surface area contributed by atoms with Gasteiger partial charge in [0.15, 0.2) is 22.3 Å². The van der Waals surface area contributed by atoms with E-state index in [4.69, 9.17) is 9.47 Å². The lowest BCUT2D eigenvalue weighted by Gasteiger charge is -2.31. The van der Waals surface area contributed by atoms with E-state index in [1.165, 1.54) is 11.3 Å². The SMILES string of the molecule is CC(C)NC(=O)C1CCN(c2nc3ncn(Cc4ccc5c(c4)OCO5)c(=O)c3s2)CC1. The van der Waals surface area contributed by atoms with Crippen molar-refractivity contribution >= 4 is 32.7 Å². The highest BCUT2D eigenvalue weighted by atomic mass is 32.1. The smallest absolute Gasteiger partial charge is 0.273 e. The van der Waals surface area contributed by atoms with Crippen molar-refractivity contribution in [3.05, 3.63) is 40.4 Å². The summed E-state index contributed by atoms with van der Waals surface area (Å²) in [5.41, 5.74) is 1.29. The van der Waals surface area contributed by atoms with Gasteiger partial charge in [0.05, 0.1) is 6.54 Å². The van der Waals surface area contributed by atoms with Crippen LogP contribution in [0.1, 0.15) is 32.3 Å². The molecule has 4 heterocycles. The van der Waals surface area contributed by atoms with E-state index in [2.05, 4.69) is 20.2 Å². The average Bonchev–Trinajstić information content (AvgIpc) is 3.42. The van der Waals surface area contributed by atoms with Gasteiger partial charge in [-0.05, 0) is 44.4 Å². The summed E-state index contributed by atoms with van der Waals surface area (Å²) in [6, 6.07) is 5.80. The van der Waals surface area contributed by atoms with Gasteiger partial charge >= 0.3 is 0 Å². The van der Waals surface area contributed by atoms with Crippen LogP contribution >= 0.6 is 11.3 Å². The largest absolute Gasteiger partial charge is 0.454 e. The van der Waals surface area contributed by atoms with Crippen LogP contribution in [-0.2, 0) is 11.3 Å². The number of carbonyl (C=O) groups is 1. The molecule has 0 bridgehead atoms. The fourth-order valence-electron chi connectivity index (χ4n) is 4.05. The molecule has 1 fully saturated rings. The van der Waals surface area contributed by atoms with Gasteiger partial charge in [0.2, 0.25) is 12.7 Å². The van der Waals surface area contributed by atoms with Crippen LogP contribution in [0.4, 0.5) is 5.13 Å². The number of hydrogen-bond donors (Lipinski definition) is 1. The first kappa shape index (κ1) is 20.7. The monoisotopic (exact) mass is 455 g/mol. The molecule has 2 aromatic heterocycles. The molecule has 0 saturated carbocycles. The molecule has 0 radical (unpaired) electrons. The molecule has 1 saturated heterocycles. The van der Waals surface area contributed by atoms with E-state index in [0.717, 1.165) is 36.6 Å². The molecule has 2 aliphatic rings. The van der Waals surface area contributed by atoms with Crippen LogP contribution in [0.3, 0.4) is 0 Å². The normalized spacial score (nSPS) is 16.2. The number of nitrogens with zero attached hydrogens (tertiary/aromatic N) is 4. The number of carbonyl (C=O) groups excluding carboxylic acids is 1. The quantitative estimate of drug-likeness (QED) is 0.631. The number of ether oxygens (including phenoxy) is 2. The average molecular weight is 456 g/mol. The molecule has 1 N–H and O–H groups in total. The highest BCUT2D eigenvalue weighted by molar-refractivity contribution is 7.22. The summed E-state index contributed by atoms with van der Waals surface area (Å²) >= 11 is 1.37. The second-order valence-electron chi connectivity index (χ2n) is 8.44. The van der Waals surface area contributed by atoms with E-state index < -0.39 is 0 Å². The van der Waals surface area contributed by atoms with Crippen molar-refractivity contribution in [3.8, 4) is 11.5 Å². The van der Waals surface area contributed by atoms with Crippen LogP contribution in [0.2, 0.25) is 0 Å². The van der Waals surface area contributed by atoms with Crippen molar-refractivity contribution in [2.45, 2.75) is 39.3 Å². The summed E-state index contributed by atoms with van der Waals surface area (Å²) < 4.78 is 12.9. The summed E-state index contributed by atoms with van der Waals surface area (Å²) in [6.07, 6.45) is 3.09. The Kier molecular flexibility index (Phi) is 5.46. The predicted molar refractivity (Wildman–Crippen MR) is 122 cm³/mol. The molecule has 0 unspecified atom stereocenters. The first-order chi connectivity index (χ1) is 15.5. The topological polar surface area (TPSA) is 98.6 Å². The number of rotatable bonds is 5. The molecular formula is C22H25N5O4S. The van der Waals surface area contributed by atoms with Crippen LogP contribution < -0.4 is 25.2 Å². The van der Waals surface area contributed by atoms with E-state index in [1.54, 1.807) is 10.9 Å². The number of hydrogen-bond acceptors (Lipinski definition) is 8. The number of nitrogens with one attached hydrogen (secondary N) is 1. The highest BCUT2D eigenvalue weighted by Gasteiger charge is 2.27. The number of anilines is 1.